The first kappa shape index (κ1) is 16.4. The van der Waals surface area contributed by atoms with E-state index < -0.39 is 0 Å². The zero-order chi connectivity index (χ0) is 16.9. The second kappa shape index (κ2) is 7.42. The predicted octanol–water partition coefficient (Wildman–Crippen LogP) is 2.40. The third kappa shape index (κ3) is 3.90. The van der Waals surface area contributed by atoms with E-state index >= 15 is 0 Å². The van der Waals surface area contributed by atoms with Gasteiger partial charge < -0.3 is 14.6 Å². The number of benzene rings is 1. The second-order valence-corrected chi connectivity index (χ2v) is 5.92. The molecule has 6 nitrogen and oxygen atoms in total. The molecule has 0 saturated carbocycles. The van der Waals surface area contributed by atoms with Crippen LogP contribution in [0.5, 0.6) is 5.75 Å². The maximum absolute atomic E-state index is 12.8. The fraction of sp³-hybridized carbons (Fsp3) is 0.471. The van der Waals surface area contributed by atoms with Crippen LogP contribution in [0.4, 0.5) is 4.39 Å². The number of rotatable bonds is 7. The maximum atomic E-state index is 12.8. The molecule has 0 bridgehead atoms. The summed E-state index contributed by atoms with van der Waals surface area (Å²) < 4.78 is 20.3. The van der Waals surface area contributed by atoms with Crippen LogP contribution in [0.3, 0.4) is 0 Å². The van der Waals surface area contributed by atoms with Gasteiger partial charge in [0.1, 0.15) is 17.4 Å². The molecule has 1 N–H and O–H groups in total. The number of aromatic nitrogens is 3. The molecular formula is C17H21FN4O2. The lowest BCUT2D eigenvalue weighted by atomic mass is 10.2. The molecule has 2 heterocycles. The SMILES string of the molecule is C[C@H](NC(=O)CCCOc1ccc(F)cc1)c1nnc2n1CCC2. The van der Waals surface area contributed by atoms with Crippen molar-refractivity contribution in [3.05, 3.63) is 41.7 Å². The quantitative estimate of drug-likeness (QED) is 0.791. The Hall–Kier alpha value is -2.44. The number of carbonyl (C=O) groups is 1. The topological polar surface area (TPSA) is 69.0 Å². The van der Waals surface area contributed by atoms with E-state index in [1.807, 2.05) is 6.92 Å². The molecule has 1 amide bonds. The fourth-order valence-electron chi connectivity index (χ4n) is 2.83. The largest absolute Gasteiger partial charge is 0.494 e. The van der Waals surface area contributed by atoms with E-state index in [4.69, 9.17) is 4.74 Å². The molecule has 1 aliphatic heterocycles. The Morgan fingerprint density at radius 3 is 2.96 bits per heavy atom. The Balaban J connectivity index is 1.40. The van der Waals surface area contributed by atoms with Crippen LogP contribution in [-0.4, -0.2) is 27.3 Å². The number of nitrogens with one attached hydrogen (secondary N) is 1. The van der Waals surface area contributed by atoms with Crippen molar-refractivity contribution in [2.75, 3.05) is 6.61 Å². The van der Waals surface area contributed by atoms with Gasteiger partial charge in [0.05, 0.1) is 12.6 Å². The molecule has 2 aromatic rings. The number of nitrogens with zero attached hydrogens (tertiary/aromatic N) is 3. The number of hydrogen-bond acceptors (Lipinski definition) is 4. The average Bonchev–Trinajstić information content (AvgIpc) is 3.16. The zero-order valence-corrected chi connectivity index (χ0v) is 13.7. The van der Waals surface area contributed by atoms with Crippen molar-refractivity contribution in [1.29, 1.82) is 0 Å². The minimum Gasteiger partial charge on any atom is -0.494 e. The van der Waals surface area contributed by atoms with Gasteiger partial charge in [-0.05, 0) is 44.0 Å². The van der Waals surface area contributed by atoms with Gasteiger partial charge in [0, 0.05) is 19.4 Å². The summed E-state index contributed by atoms with van der Waals surface area (Å²) in [5.41, 5.74) is 0. The molecule has 1 aromatic heterocycles. The molecule has 24 heavy (non-hydrogen) atoms. The van der Waals surface area contributed by atoms with Crippen molar-refractivity contribution in [3.63, 3.8) is 0 Å². The van der Waals surface area contributed by atoms with Crippen LogP contribution in [0.25, 0.3) is 0 Å². The third-order valence-electron chi connectivity index (χ3n) is 4.03. The van der Waals surface area contributed by atoms with Crippen molar-refractivity contribution in [1.82, 2.24) is 20.1 Å². The van der Waals surface area contributed by atoms with Crippen LogP contribution in [0.1, 0.15) is 43.9 Å². The van der Waals surface area contributed by atoms with Crippen molar-refractivity contribution in [2.45, 2.75) is 45.2 Å². The first-order chi connectivity index (χ1) is 11.6. The molecule has 0 radical (unpaired) electrons. The van der Waals surface area contributed by atoms with Crippen molar-refractivity contribution < 1.29 is 13.9 Å². The van der Waals surface area contributed by atoms with Crippen molar-refractivity contribution >= 4 is 5.91 Å². The van der Waals surface area contributed by atoms with Gasteiger partial charge in [-0.2, -0.15) is 0 Å². The van der Waals surface area contributed by atoms with Crippen LogP contribution in [0.15, 0.2) is 24.3 Å². The minimum absolute atomic E-state index is 0.0412. The van der Waals surface area contributed by atoms with Gasteiger partial charge in [0.25, 0.3) is 0 Å². The summed E-state index contributed by atoms with van der Waals surface area (Å²) in [4.78, 5) is 12.0. The molecule has 1 aromatic carbocycles. The summed E-state index contributed by atoms with van der Waals surface area (Å²) in [6.45, 7) is 3.25. The van der Waals surface area contributed by atoms with Gasteiger partial charge in [-0.3, -0.25) is 4.79 Å². The van der Waals surface area contributed by atoms with Crippen LogP contribution in [-0.2, 0) is 17.8 Å². The average molecular weight is 332 g/mol. The highest BCUT2D eigenvalue weighted by Gasteiger charge is 2.22. The predicted molar refractivity (Wildman–Crippen MR) is 86.0 cm³/mol. The summed E-state index contributed by atoms with van der Waals surface area (Å²) in [5, 5.41) is 11.3. The molecule has 7 heteroatoms. The van der Waals surface area contributed by atoms with Crippen LogP contribution < -0.4 is 10.1 Å². The van der Waals surface area contributed by atoms with Crippen LogP contribution in [0, 0.1) is 5.82 Å². The lowest BCUT2D eigenvalue weighted by Crippen LogP contribution is -2.28. The molecule has 0 unspecified atom stereocenters. The molecule has 128 valence electrons. The Kier molecular flexibility index (Phi) is 5.08. The van der Waals surface area contributed by atoms with E-state index in [2.05, 4.69) is 20.1 Å². The monoisotopic (exact) mass is 332 g/mol. The Morgan fingerprint density at radius 2 is 2.17 bits per heavy atom. The van der Waals surface area contributed by atoms with Crippen molar-refractivity contribution in [3.8, 4) is 5.75 Å². The third-order valence-corrected chi connectivity index (χ3v) is 4.03. The number of aryl methyl sites for hydroxylation is 1. The van der Waals surface area contributed by atoms with E-state index in [-0.39, 0.29) is 17.8 Å². The highest BCUT2D eigenvalue weighted by atomic mass is 19.1. The fourth-order valence-corrected chi connectivity index (χ4v) is 2.83. The molecule has 0 fully saturated rings. The van der Waals surface area contributed by atoms with Crippen molar-refractivity contribution in [2.24, 2.45) is 0 Å². The number of fused-ring (bicyclic) bond motifs is 1. The van der Waals surface area contributed by atoms with Crippen LogP contribution >= 0.6 is 0 Å². The highest BCUT2D eigenvalue weighted by molar-refractivity contribution is 5.76. The van der Waals surface area contributed by atoms with Crippen LogP contribution in [0.2, 0.25) is 0 Å². The van der Waals surface area contributed by atoms with Gasteiger partial charge in [-0.25, -0.2) is 4.39 Å². The smallest absolute Gasteiger partial charge is 0.220 e. The number of amides is 1. The van der Waals surface area contributed by atoms with E-state index in [0.29, 0.717) is 25.2 Å². The van der Waals surface area contributed by atoms with Gasteiger partial charge in [-0.15, -0.1) is 10.2 Å². The highest BCUT2D eigenvalue weighted by Crippen LogP contribution is 2.19. The maximum Gasteiger partial charge on any atom is 0.220 e. The summed E-state index contributed by atoms with van der Waals surface area (Å²) in [6, 6.07) is 5.68. The van der Waals surface area contributed by atoms with Gasteiger partial charge in [-0.1, -0.05) is 0 Å². The standard InChI is InChI=1S/C17H21FN4O2/c1-12(17-21-20-15-4-2-10-22(15)17)19-16(23)5-3-11-24-14-8-6-13(18)7-9-14/h6-9,12H,2-5,10-11H2,1H3,(H,19,23)/t12-/m0/s1. The van der Waals surface area contributed by atoms with E-state index in [0.717, 1.165) is 31.0 Å². The summed E-state index contributed by atoms with van der Waals surface area (Å²) >= 11 is 0. The van der Waals surface area contributed by atoms with E-state index in [1.54, 1.807) is 12.1 Å². The lowest BCUT2D eigenvalue weighted by Gasteiger charge is -2.14. The normalized spacial score (nSPS) is 14.2. The van der Waals surface area contributed by atoms with Gasteiger partial charge in [0.15, 0.2) is 5.82 Å². The van der Waals surface area contributed by atoms with Gasteiger partial charge in [0.2, 0.25) is 5.91 Å². The zero-order valence-electron chi connectivity index (χ0n) is 13.7. The molecule has 1 aliphatic rings. The summed E-state index contributed by atoms with van der Waals surface area (Å²) in [5.74, 6) is 2.08. The summed E-state index contributed by atoms with van der Waals surface area (Å²) in [6.07, 6.45) is 2.99. The first-order valence-corrected chi connectivity index (χ1v) is 8.23. The number of carbonyl (C=O) groups excluding carboxylic acids is 1. The molecule has 0 saturated heterocycles. The van der Waals surface area contributed by atoms with E-state index in [1.165, 1.54) is 12.1 Å². The molecule has 0 spiro atoms. The second-order valence-electron chi connectivity index (χ2n) is 5.92. The minimum atomic E-state index is -0.296. The Morgan fingerprint density at radius 1 is 1.38 bits per heavy atom. The molecule has 1 atom stereocenters. The lowest BCUT2D eigenvalue weighted by molar-refractivity contribution is -0.122. The molecule has 0 aliphatic carbocycles. The Bertz CT molecular complexity index is 699. The van der Waals surface area contributed by atoms with E-state index in [9.17, 15) is 9.18 Å². The number of ether oxygens (including phenoxy) is 1. The van der Waals surface area contributed by atoms with Gasteiger partial charge >= 0.3 is 0 Å². The number of halogens is 1. The number of hydrogen-bond donors (Lipinski definition) is 1. The molecule has 3 rings (SSSR count). The first-order valence-electron chi connectivity index (χ1n) is 8.23. The molecular weight excluding hydrogens is 311 g/mol. The summed E-state index contributed by atoms with van der Waals surface area (Å²) in [7, 11) is 0. The Labute approximate surface area is 140 Å².